The van der Waals surface area contributed by atoms with Crippen LogP contribution in [0.1, 0.15) is 48.5 Å². The largest absolute Gasteiger partial charge is 0.368 e. The number of hydrogen-bond donors (Lipinski definition) is 2. The Labute approximate surface area is 82.0 Å². The molecule has 0 aromatic rings. The predicted octanol–water partition coefficient (Wildman–Crippen LogP) is 2.40. The Morgan fingerprint density at radius 1 is 0.692 bits per heavy atom. The first kappa shape index (κ1) is 12.9. The Bertz CT molecular complexity index is 156. The van der Waals surface area contributed by atoms with Crippen LogP contribution in [0.3, 0.4) is 0 Å². The maximum Gasteiger partial charge on any atom is 0.157 e. The van der Waals surface area contributed by atoms with E-state index in [-0.39, 0.29) is 10.8 Å². The van der Waals surface area contributed by atoms with Crippen LogP contribution in [0, 0.1) is 16.2 Å². The molecule has 0 aromatic carbocycles. The molecule has 0 aliphatic heterocycles. The molecule has 0 aliphatic carbocycles. The summed E-state index contributed by atoms with van der Waals surface area (Å²) >= 11 is 0. The molecule has 2 heteroatoms. The normalized spacial score (nSPS) is 15.2. The number of aliphatic hydroxyl groups is 2. The third kappa shape index (κ3) is 2.05. The fraction of sp³-hybridized carbons (Fsp3) is 1.00. The molecule has 0 rings (SSSR count). The molecule has 0 fully saturated rings. The van der Waals surface area contributed by atoms with Crippen LogP contribution in [0.4, 0.5) is 0 Å². The van der Waals surface area contributed by atoms with E-state index in [0.29, 0.717) is 0 Å². The maximum absolute atomic E-state index is 9.50. The number of rotatable bonds is 1. The molecule has 0 atom stereocenters. The summed E-state index contributed by atoms with van der Waals surface area (Å²) in [7, 11) is 0. The molecule has 80 valence electrons. The molecule has 0 heterocycles. The van der Waals surface area contributed by atoms with E-state index in [1.165, 1.54) is 0 Å². The fourth-order valence-corrected chi connectivity index (χ4v) is 1.90. The highest BCUT2D eigenvalue weighted by Gasteiger charge is 2.51. The zero-order valence-corrected chi connectivity index (χ0v) is 9.97. The maximum atomic E-state index is 9.50. The Kier molecular flexibility index (Phi) is 3.23. The summed E-state index contributed by atoms with van der Waals surface area (Å²) in [6.45, 7) is 14.2. The minimum Gasteiger partial charge on any atom is -0.368 e. The second-order valence-electron chi connectivity index (χ2n) is 6.08. The van der Waals surface area contributed by atoms with Crippen molar-refractivity contribution in [2.45, 2.75) is 54.8 Å². The first-order valence-corrected chi connectivity index (χ1v) is 4.81. The summed E-state index contributed by atoms with van der Waals surface area (Å²) in [6.07, 6.45) is -1.28. The van der Waals surface area contributed by atoms with E-state index in [0.717, 1.165) is 0 Å². The van der Waals surface area contributed by atoms with Crippen LogP contribution in [0.5, 0.6) is 0 Å². The quantitative estimate of drug-likeness (QED) is 0.620. The molecule has 0 radical (unpaired) electrons. The average Bonchev–Trinajstić information content (AvgIpc) is 1.80. The Morgan fingerprint density at radius 3 is 0.923 bits per heavy atom. The summed E-state index contributed by atoms with van der Waals surface area (Å²) in [4.78, 5) is 0. The van der Waals surface area contributed by atoms with Crippen LogP contribution in [-0.4, -0.2) is 16.5 Å². The zero-order chi connectivity index (χ0) is 11.1. The van der Waals surface area contributed by atoms with Crippen LogP contribution < -0.4 is 0 Å². The Hall–Kier alpha value is -0.0800. The highest BCUT2D eigenvalue weighted by atomic mass is 16.5. The van der Waals surface area contributed by atoms with Gasteiger partial charge in [0.05, 0.1) is 0 Å². The van der Waals surface area contributed by atoms with E-state index in [1.807, 2.05) is 48.5 Å². The van der Waals surface area contributed by atoms with E-state index < -0.39 is 11.7 Å². The van der Waals surface area contributed by atoms with Gasteiger partial charge in [0.2, 0.25) is 0 Å². The molecule has 2 N–H and O–H groups in total. The lowest BCUT2D eigenvalue weighted by atomic mass is 9.55. The van der Waals surface area contributed by atoms with Gasteiger partial charge < -0.3 is 10.2 Å². The standard InChI is InChI=1S/C11H24O2/c1-9(2,3)11(7,8(12)13)10(4,5)6/h8,12-13H,1-7H3. The average molecular weight is 188 g/mol. The van der Waals surface area contributed by atoms with E-state index in [1.54, 1.807) is 0 Å². The second kappa shape index (κ2) is 3.25. The first-order valence-electron chi connectivity index (χ1n) is 4.81. The molecule has 2 nitrogen and oxygen atoms in total. The van der Waals surface area contributed by atoms with Crippen molar-refractivity contribution < 1.29 is 10.2 Å². The highest BCUT2D eigenvalue weighted by Crippen LogP contribution is 2.52. The predicted molar refractivity (Wildman–Crippen MR) is 55.2 cm³/mol. The fourth-order valence-electron chi connectivity index (χ4n) is 1.90. The molecule has 13 heavy (non-hydrogen) atoms. The molecule has 0 aromatic heterocycles. The van der Waals surface area contributed by atoms with Gasteiger partial charge in [0, 0.05) is 5.41 Å². The molecule has 0 unspecified atom stereocenters. The van der Waals surface area contributed by atoms with Crippen molar-refractivity contribution in [2.75, 3.05) is 0 Å². The summed E-state index contributed by atoms with van der Waals surface area (Å²) in [5.41, 5.74) is -0.793. The van der Waals surface area contributed by atoms with Gasteiger partial charge in [0.1, 0.15) is 0 Å². The Morgan fingerprint density at radius 2 is 0.923 bits per heavy atom. The van der Waals surface area contributed by atoms with Crippen molar-refractivity contribution in [3.63, 3.8) is 0 Å². The van der Waals surface area contributed by atoms with E-state index in [4.69, 9.17) is 0 Å². The zero-order valence-electron chi connectivity index (χ0n) is 9.97. The van der Waals surface area contributed by atoms with E-state index >= 15 is 0 Å². The van der Waals surface area contributed by atoms with Crippen LogP contribution >= 0.6 is 0 Å². The third-order valence-corrected chi connectivity index (χ3v) is 3.63. The minimum atomic E-state index is -1.28. The SMILES string of the molecule is CC(C)(C)C(C)(C(O)O)C(C)(C)C. The van der Waals surface area contributed by atoms with Gasteiger partial charge in [0.25, 0.3) is 0 Å². The van der Waals surface area contributed by atoms with Crippen LogP contribution in [0.25, 0.3) is 0 Å². The first-order chi connectivity index (χ1) is 5.44. The molecule has 0 spiro atoms. The molecular formula is C11H24O2. The molecule has 0 amide bonds. The lowest BCUT2D eigenvalue weighted by molar-refractivity contribution is -0.212. The van der Waals surface area contributed by atoms with Crippen LogP contribution in [0.2, 0.25) is 0 Å². The summed E-state index contributed by atoms with van der Waals surface area (Å²) in [5, 5.41) is 19.0. The van der Waals surface area contributed by atoms with Gasteiger partial charge in [-0.05, 0) is 10.8 Å². The minimum absolute atomic E-state index is 0.139. The summed E-state index contributed by atoms with van der Waals surface area (Å²) in [5.74, 6) is 0. The van der Waals surface area contributed by atoms with E-state index in [9.17, 15) is 10.2 Å². The van der Waals surface area contributed by atoms with Gasteiger partial charge in [-0.3, -0.25) is 0 Å². The molecular weight excluding hydrogens is 164 g/mol. The van der Waals surface area contributed by atoms with Gasteiger partial charge >= 0.3 is 0 Å². The summed E-state index contributed by atoms with van der Waals surface area (Å²) < 4.78 is 0. The van der Waals surface area contributed by atoms with Crippen molar-refractivity contribution >= 4 is 0 Å². The van der Waals surface area contributed by atoms with Crippen LogP contribution in [0.15, 0.2) is 0 Å². The molecule has 0 saturated heterocycles. The number of hydrogen-bond acceptors (Lipinski definition) is 2. The van der Waals surface area contributed by atoms with Crippen molar-refractivity contribution in [1.29, 1.82) is 0 Å². The van der Waals surface area contributed by atoms with Crippen molar-refractivity contribution in [3.05, 3.63) is 0 Å². The summed E-state index contributed by atoms with van der Waals surface area (Å²) in [6, 6.07) is 0. The van der Waals surface area contributed by atoms with Gasteiger partial charge in [-0.15, -0.1) is 0 Å². The third-order valence-electron chi connectivity index (χ3n) is 3.63. The monoisotopic (exact) mass is 188 g/mol. The van der Waals surface area contributed by atoms with E-state index in [2.05, 4.69) is 0 Å². The Balaban J connectivity index is 5.22. The second-order valence-corrected chi connectivity index (χ2v) is 6.08. The van der Waals surface area contributed by atoms with Gasteiger partial charge in [-0.2, -0.15) is 0 Å². The topological polar surface area (TPSA) is 40.5 Å². The van der Waals surface area contributed by atoms with Gasteiger partial charge in [-0.25, -0.2) is 0 Å². The van der Waals surface area contributed by atoms with Crippen molar-refractivity contribution in [1.82, 2.24) is 0 Å². The lowest BCUT2D eigenvalue weighted by Gasteiger charge is -2.52. The van der Waals surface area contributed by atoms with Gasteiger partial charge in [-0.1, -0.05) is 48.5 Å². The van der Waals surface area contributed by atoms with Crippen LogP contribution in [-0.2, 0) is 0 Å². The highest BCUT2D eigenvalue weighted by molar-refractivity contribution is 4.96. The van der Waals surface area contributed by atoms with Gasteiger partial charge in [0.15, 0.2) is 6.29 Å². The van der Waals surface area contributed by atoms with Crippen molar-refractivity contribution in [2.24, 2.45) is 16.2 Å². The van der Waals surface area contributed by atoms with Crippen molar-refractivity contribution in [3.8, 4) is 0 Å². The molecule has 0 bridgehead atoms. The number of aliphatic hydroxyl groups excluding tert-OH is 1. The molecule has 0 saturated carbocycles. The smallest absolute Gasteiger partial charge is 0.157 e. The molecule has 0 aliphatic rings. The lowest BCUT2D eigenvalue weighted by Crippen LogP contribution is -2.52.